The van der Waals surface area contributed by atoms with Crippen molar-refractivity contribution < 1.29 is 4.79 Å². The van der Waals surface area contributed by atoms with Crippen LogP contribution in [0.3, 0.4) is 0 Å². The summed E-state index contributed by atoms with van der Waals surface area (Å²) < 4.78 is 0. The summed E-state index contributed by atoms with van der Waals surface area (Å²) in [4.78, 5) is 12.7. The van der Waals surface area contributed by atoms with E-state index in [1.807, 2.05) is 37.3 Å². The van der Waals surface area contributed by atoms with Gasteiger partial charge < -0.3 is 10.6 Å². The van der Waals surface area contributed by atoms with Crippen LogP contribution in [-0.2, 0) is 24.2 Å². The SMILES string of the molecule is CCC(NC(=O)/C(C#N)=C\NCc1ccccc1C)c1ccc2c(c1)CCCC2. The number of carbonyl (C=O) groups excluding carboxylic acids is 1. The molecule has 0 bridgehead atoms. The van der Waals surface area contributed by atoms with Crippen LogP contribution in [0.1, 0.15) is 60.0 Å². The van der Waals surface area contributed by atoms with Crippen LogP contribution in [-0.4, -0.2) is 5.91 Å². The summed E-state index contributed by atoms with van der Waals surface area (Å²) in [5.74, 6) is -0.339. The highest BCUT2D eigenvalue weighted by Gasteiger charge is 2.18. The van der Waals surface area contributed by atoms with Gasteiger partial charge in [0, 0.05) is 12.7 Å². The van der Waals surface area contributed by atoms with Crippen molar-refractivity contribution in [1.29, 1.82) is 5.26 Å². The number of hydrogen-bond acceptors (Lipinski definition) is 3. The minimum atomic E-state index is -0.339. The zero-order valence-corrected chi connectivity index (χ0v) is 17.3. The van der Waals surface area contributed by atoms with E-state index in [0.29, 0.717) is 6.54 Å². The maximum atomic E-state index is 12.7. The monoisotopic (exact) mass is 387 g/mol. The van der Waals surface area contributed by atoms with Crippen LogP contribution in [0.4, 0.5) is 0 Å². The second-order valence-electron chi connectivity index (χ2n) is 7.65. The molecule has 0 aromatic heterocycles. The molecule has 4 nitrogen and oxygen atoms in total. The van der Waals surface area contributed by atoms with E-state index in [-0.39, 0.29) is 17.5 Å². The number of carbonyl (C=O) groups is 1. The molecule has 1 atom stereocenters. The lowest BCUT2D eigenvalue weighted by Gasteiger charge is -2.21. The van der Waals surface area contributed by atoms with Crippen molar-refractivity contribution in [2.75, 3.05) is 0 Å². The third-order valence-corrected chi connectivity index (χ3v) is 5.65. The van der Waals surface area contributed by atoms with E-state index in [1.54, 1.807) is 0 Å². The van der Waals surface area contributed by atoms with Crippen molar-refractivity contribution in [3.63, 3.8) is 0 Å². The highest BCUT2D eigenvalue weighted by molar-refractivity contribution is 5.97. The third-order valence-electron chi connectivity index (χ3n) is 5.65. The molecule has 1 amide bonds. The number of aryl methyl sites for hydroxylation is 3. The molecule has 0 spiro atoms. The molecule has 4 heteroatoms. The molecule has 2 N–H and O–H groups in total. The lowest BCUT2D eigenvalue weighted by atomic mass is 9.88. The first-order valence-electron chi connectivity index (χ1n) is 10.4. The molecule has 0 saturated carbocycles. The molecule has 0 aliphatic heterocycles. The zero-order chi connectivity index (χ0) is 20.6. The molecule has 2 aromatic rings. The summed E-state index contributed by atoms with van der Waals surface area (Å²) in [6, 6.07) is 16.5. The Labute approximate surface area is 173 Å². The van der Waals surface area contributed by atoms with E-state index in [9.17, 15) is 10.1 Å². The number of amides is 1. The number of fused-ring (bicyclic) bond motifs is 1. The van der Waals surface area contributed by atoms with Gasteiger partial charge in [-0.25, -0.2) is 0 Å². The first-order chi connectivity index (χ1) is 14.1. The summed E-state index contributed by atoms with van der Waals surface area (Å²) in [5.41, 5.74) is 6.36. The molecule has 2 aromatic carbocycles. The van der Waals surface area contributed by atoms with Crippen molar-refractivity contribution in [1.82, 2.24) is 10.6 Å². The molecule has 0 radical (unpaired) electrons. The van der Waals surface area contributed by atoms with Gasteiger partial charge in [-0.2, -0.15) is 5.26 Å². The second kappa shape index (κ2) is 9.93. The largest absolute Gasteiger partial charge is 0.386 e. The first kappa shape index (κ1) is 20.7. The van der Waals surface area contributed by atoms with Gasteiger partial charge >= 0.3 is 0 Å². The maximum absolute atomic E-state index is 12.7. The molecule has 1 aliphatic carbocycles. The Morgan fingerprint density at radius 2 is 1.93 bits per heavy atom. The summed E-state index contributed by atoms with van der Waals surface area (Å²) in [5, 5.41) is 15.6. The van der Waals surface area contributed by atoms with Crippen LogP contribution in [0.15, 0.2) is 54.2 Å². The minimum absolute atomic E-state index is 0.0926. The molecule has 150 valence electrons. The number of nitriles is 1. The molecule has 29 heavy (non-hydrogen) atoms. The number of benzene rings is 2. The minimum Gasteiger partial charge on any atom is -0.386 e. The van der Waals surface area contributed by atoms with Crippen molar-refractivity contribution in [2.45, 2.75) is 58.5 Å². The Balaban J connectivity index is 1.66. The highest BCUT2D eigenvalue weighted by Crippen LogP contribution is 2.26. The van der Waals surface area contributed by atoms with Gasteiger partial charge in [0.2, 0.25) is 0 Å². The number of nitrogens with one attached hydrogen (secondary N) is 2. The third kappa shape index (κ3) is 5.26. The molecule has 0 saturated heterocycles. The maximum Gasteiger partial charge on any atom is 0.263 e. The zero-order valence-electron chi connectivity index (χ0n) is 17.3. The summed E-state index contributed by atoms with van der Waals surface area (Å²) in [7, 11) is 0. The molecular weight excluding hydrogens is 358 g/mol. The lowest BCUT2D eigenvalue weighted by molar-refractivity contribution is -0.117. The van der Waals surface area contributed by atoms with Gasteiger partial charge in [0.05, 0.1) is 6.04 Å². The van der Waals surface area contributed by atoms with Crippen LogP contribution < -0.4 is 10.6 Å². The first-order valence-corrected chi connectivity index (χ1v) is 10.4. The molecule has 0 heterocycles. The topological polar surface area (TPSA) is 64.9 Å². The van der Waals surface area contributed by atoms with E-state index in [1.165, 1.54) is 35.7 Å². The van der Waals surface area contributed by atoms with Gasteiger partial charge in [0.15, 0.2) is 0 Å². The van der Waals surface area contributed by atoms with Crippen LogP contribution in [0.2, 0.25) is 0 Å². The molecule has 0 fully saturated rings. The van der Waals surface area contributed by atoms with Gasteiger partial charge in [-0.1, -0.05) is 49.4 Å². The molecule has 1 unspecified atom stereocenters. The van der Waals surface area contributed by atoms with E-state index in [0.717, 1.165) is 30.4 Å². The van der Waals surface area contributed by atoms with Gasteiger partial charge in [-0.3, -0.25) is 4.79 Å². The van der Waals surface area contributed by atoms with Crippen LogP contribution in [0.5, 0.6) is 0 Å². The second-order valence-corrected chi connectivity index (χ2v) is 7.65. The quantitative estimate of drug-likeness (QED) is 0.537. The van der Waals surface area contributed by atoms with Gasteiger partial charge in [-0.05, 0) is 66.8 Å². The predicted molar refractivity (Wildman–Crippen MR) is 116 cm³/mol. The molecule has 1 aliphatic rings. The Morgan fingerprint density at radius 3 is 2.66 bits per heavy atom. The van der Waals surface area contributed by atoms with Crippen molar-refractivity contribution in [3.05, 3.63) is 82.1 Å². The standard InChI is InChI=1S/C25H29N3O/c1-3-24(21-13-12-19-9-6-7-10-20(19)14-21)28-25(29)23(15-26)17-27-16-22-11-5-4-8-18(22)2/h4-5,8,11-14,17,24,27H,3,6-7,9-10,16H2,1-2H3,(H,28,29)/b23-17-. The molecule has 3 rings (SSSR count). The fraction of sp³-hybridized carbons (Fsp3) is 0.360. The van der Waals surface area contributed by atoms with Gasteiger partial charge in [0.25, 0.3) is 5.91 Å². The smallest absolute Gasteiger partial charge is 0.263 e. The number of nitrogens with zero attached hydrogens (tertiary/aromatic N) is 1. The Hall–Kier alpha value is -3.06. The number of hydrogen-bond donors (Lipinski definition) is 2. The summed E-state index contributed by atoms with van der Waals surface area (Å²) in [6.07, 6.45) is 7.03. The average Bonchev–Trinajstić information content (AvgIpc) is 2.75. The van der Waals surface area contributed by atoms with Crippen LogP contribution >= 0.6 is 0 Å². The normalized spacial score (nSPS) is 14.4. The lowest BCUT2D eigenvalue weighted by Crippen LogP contribution is -2.30. The number of rotatable bonds is 7. The van der Waals surface area contributed by atoms with E-state index in [4.69, 9.17) is 0 Å². The van der Waals surface area contributed by atoms with Crippen molar-refractivity contribution in [3.8, 4) is 6.07 Å². The Kier molecular flexibility index (Phi) is 7.08. The molecular formula is C25H29N3O. The summed E-state index contributed by atoms with van der Waals surface area (Å²) in [6.45, 7) is 4.67. The van der Waals surface area contributed by atoms with E-state index < -0.39 is 0 Å². The Bertz CT molecular complexity index is 939. The average molecular weight is 388 g/mol. The van der Waals surface area contributed by atoms with Gasteiger partial charge in [0.1, 0.15) is 11.6 Å². The van der Waals surface area contributed by atoms with Crippen molar-refractivity contribution >= 4 is 5.91 Å². The Morgan fingerprint density at radius 1 is 1.17 bits per heavy atom. The summed E-state index contributed by atoms with van der Waals surface area (Å²) >= 11 is 0. The fourth-order valence-corrected chi connectivity index (χ4v) is 3.85. The highest BCUT2D eigenvalue weighted by atomic mass is 16.1. The van der Waals surface area contributed by atoms with Gasteiger partial charge in [-0.15, -0.1) is 0 Å². The van der Waals surface area contributed by atoms with Crippen LogP contribution in [0, 0.1) is 18.3 Å². The van der Waals surface area contributed by atoms with Crippen LogP contribution in [0.25, 0.3) is 0 Å². The fourth-order valence-electron chi connectivity index (χ4n) is 3.85. The predicted octanol–water partition coefficient (Wildman–Crippen LogP) is 4.64. The van der Waals surface area contributed by atoms with Crippen molar-refractivity contribution in [2.24, 2.45) is 0 Å². The van der Waals surface area contributed by atoms with E-state index in [2.05, 4.69) is 35.8 Å². The van der Waals surface area contributed by atoms with E-state index >= 15 is 0 Å².